The van der Waals surface area contributed by atoms with Crippen LogP contribution in [-0.2, 0) is 22.5 Å². The van der Waals surface area contributed by atoms with Crippen molar-refractivity contribution < 1.29 is 13.9 Å². The summed E-state index contributed by atoms with van der Waals surface area (Å²) in [5.41, 5.74) is 2.37. The quantitative estimate of drug-likeness (QED) is 0.328. The highest BCUT2D eigenvalue weighted by atomic mass is 16.5. The largest absolute Gasteiger partial charge is 0.465 e. The average molecular weight is 403 g/mol. The molecule has 8 heteroatoms. The van der Waals surface area contributed by atoms with Crippen molar-refractivity contribution in [2.45, 2.75) is 26.3 Å². The van der Waals surface area contributed by atoms with E-state index >= 15 is 0 Å². The summed E-state index contributed by atoms with van der Waals surface area (Å²) >= 11 is 0. The summed E-state index contributed by atoms with van der Waals surface area (Å²) in [5.74, 6) is 1.35. The van der Waals surface area contributed by atoms with Gasteiger partial charge in [-0.1, -0.05) is 48.5 Å². The molecule has 0 atom stereocenters. The maximum atomic E-state index is 12.2. The normalized spacial score (nSPS) is 10.8. The van der Waals surface area contributed by atoms with Gasteiger partial charge in [-0.3, -0.25) is 4.79 Å². The Morgan fingerprint density at radius 1 is 1.03 bits per heavy atom. The number of rotatable bonds is 8. The Kier molecular flexibility index (Phi) is 5.93. The number of nitrogens with zero attached hydrogens (tertiary/aromatic N) is 5. The summed E-state index contributed by atoms with van der Waals surface area (Å²) in [4.78, 5) is 18.1. The second-order valence-corrected chi connectivity index (χ2v) is 6.71. The number of tetrazole rings is 1. The molecule has 0 amide bonds. The zero-order valence-electron chi connectivity index (χ0n) is 16.6. The molecule has 8 nitrogen and oxygen atoms in total. The molecule has 0 spiro atoms. The number of hydrogen-bond donors (Lipinski definition) is 0. The Morgan fingerprint density at radius 2 is 1.73 bits per heavy atom. The van der Waals surface area contributed by atoms with Crippen LogP contribution in [0.5, 0.6) is 0 Å². The highest BCUT2D eigenvalue weighted by Crippen LogP contribution is 2.21. The van der Waals surface area contributed by atoms with Gasteiger partial charge in [-0.2, -0.15) is 4.80 Å². The lowest BCUT2D eigenvalue weighted by Gasteiger charge is -2.03. The maximum absolute atomic E-state index is 12.2. The molecule has 2 aromatic carbocycles. The van der Waals surface area contributed by atoms with Crippen molar-refractivity contribution in [3.05, 3.63) is 72.1 Å². The first kappa shape index (κ1) is 19.5. The molecule has 0 fully saturated rings. The average Bonchev–Trinajstić information content (AvgIpc) is 3.40. The topological polar surface area (TPSA) is 95.9 Å². The second kappa shape index (κ2) is 9.13. The third kappa shape index (κ3) is 4.78. The number of carbonyl (C=O) groups is 1. The van der Waals surface area contributed by atoms with Crippen molar-refractivity contribution in [3.8, 4) is 22.8 Å². The molecule has 0 saturated carbocycles. The van der Waals surface area contributed by atoms with Crippen molar-refractivity contribution in [3.63, 3.8) is 0 Å². The number of aromatic nitrogens is 5. The SMILES string of the molecule is Cc1oc(-c2ccccc2)nc1CC(=O)OCCCn1nnc(-c2ccccc2)n1. The standard InChI is InChI=1S/C22H21N5O3/c1-16-19(23-22(30-16)18-11-6-3-7-12-18)15-20(28)29-14-8-13-27-25-21(24-26-27)17-9-4-2-5-10-17/h2-7,9-12H,8,13-15H2,1H3. The van der Waals surface area contributed by atoms with E-state index in [1.54, 1.807) is 6.92 Å². The first-order chi connectivity index (χ1) is 14.7. The van der Waals surface area contributed by atoms with E-state index in [1.807, 2.05) is 60.7 Å². The lowest BCUT2D eigenvalue weighted by atomic mass is 10.2. The predicted octanol–water partition coefficient (Wildman–Crippen LogP) is 3.48. The monoisotopic (exact) mass is 403 g/mol. The van der Waals surface area contributed by atoms with E-state index in [0.717, 1.165) is 11.1 Å². The van der Waals surface area contributed by atoms with Crippen LogP contribution in [0.25, 0.3) is 22.8 Å². The van der Waals surface area contributed by atoms with Crippen LogP contribution in [0.2, 0.25) is 0 Å². The van der Waals surface area contributed by atoms with Crippen molar-refractivity contribution in [1.29, 1.82) is 0 Å². The van der Waals surface area contributed by atoms with Gasteiger partial charge in [-0.05, 0) is 24.3 Å². The minimum absolute atomic E-state index is 0.0713. The van der Waals surface area contributed by atoms with Gasteiger partial charge in [0.05, 0.1) is 25.3 Å². The highest BCUT2D eigenvalue weighted by molar-refractivity contribution is 5.72. The van der Waals surface area contributed by atoms with E-state index in [4.69, 9.17) is 9.15 Å². The van der Waals surface area contributed by atoms with Crippen LogP contribution in [0.4, 0.5) is 0 Å². The van der Waals surface area contributed by atoms with Gasteiger partial charge in [-0.15, -0.1) is 10.2 Å². The smallest absolute Gasteiger partial charge is 0.312 e. The molecule has 152 valence electrons. The fraction of sp³-hybridized carbons (Fsp3) is 0.227. The van der Waals surface area contributed by atoms with E-state index in [0.29, 0.717) is 36.1 Å². The Hall–Kier alpha value is -3.81. The summed E-state index contributed by atoms with van der Waals surface area (Å²) in [6.45, 7) is 2.57. The molecule has 0 aliphatic heterocycles. The molecule has 2 aromatic heterocycles. The van der Waals surface area contributed by atoms with Crippen LogP contribution in [0.1, 0.15) is 17.9 Å². The summed E-state index contributed by atoms with van der Waals surface area (Å²) in [6.07, 6.45) is 0.658. The summed E-state index contributed by atoms with van der Waals surface area (Å²) < 4.78 is 11.0. The van der Waals surface area contributed by atoms with Crippen molar-refractivity contribution in [2.75, 3.05) is 6.61 Å². The zero-order valence-corrected chi connectivity index (χ0v) is 16.6. The molecule has 4 aromatic rings. The Morgan fingerprint density at radius 3 is 2.47 bits per heavy atom. The van der Waals surface area contributed by atoms with Crippen molar-refractivity contribution >= 4 is 5.97 Å². The molecule has 0 aliphatic rings. The molecule has 4 rings (SSSR count). The van der Waals surface area contributed by atoms with Gasteiger partial charge < -0.3 is 9.15 Å². The van der Waals surface area contributed by atoms with E-state index in [2.05, 4.69) is 20.4 Å². The van der Waals surface area contributed by atoms with Crippen LogP contribution >= 0.6 is 0 Å². The summed E-state index contributed by atoms with van der Waals surface area (Å²) in [5, 5.41) is 12.4. The number of ether oxygens (including phenoxy) is 1. The van der Waals surface area contributed by atoms with E-state index in [-0.39, 0.29) is 19.0 Å². The number of esters is 1. The molecular formula is C22H21N5O3. The van der Waals surface area contributed by atoms with Gasteiger partial charge in [0.2, 0.25) is 11.7 Å². The van der Waals surface area contributed by atoms with Gasteiger partial charge in [0.15, 0.2) is 0 Å². The zero-order chi connectivity index (χ0) is 20.8. The lowest BCUT2D eigenvalue weighted by Crippen LogP contribution is -2.12. The van der Waals surface area contributed by atoms with Gasteiger partial charge >= 0.3 is 5.97 Å². The molecular weight excluding hydrogens is 382 g/mol. The number of benzene rings is 2. The molecule has 2 heterocycles. The first-order valence-electron chi connectivity index (χ1n) is 9.69. The third-order valence-corrected chi connectivity index (χ3v) is 4.48. The van der Waals surface area contributed by atoms with E-state index in [9.17, 15) is 4.79 Å². The number of hydrogen-bond acceptors (Lipinski definition) is 7. The molecule has 30 heavy (non-hydrogen) atoms. The number of carbonyl (C=O) groups excluding carboxylic acids is 1. The van der Waals surface area contributed by atoms with Crippen LogP contribution < -0.4 is 0 Å². The van der Waals surface area contributed by atoms with Gasteiger partial charge in [0.1, 0.15) is 5.76 Å². The van der Waals surface area contributed by atoms with Gasteiger partial charge in [-0.25, -0.2) is 4.98 Å². The summed E-state index contributed by atoms with van der Waals surface area (Å²) in [7, 11) is 0. The predicted molar refractivity (Wildman–Crippen MR) is 109 cm³/mol. The molecule has 0 radical (unpaired) electrons. The fourth-order valence-corrected chi connectivity index (χ4v) is 2.92. The number of oxazole rings is 1. The van der Waals surface area contributed by atoms with Crippen LogP contribution in [0.3, 0.4) is 0 Å². The molecule has 0 unspecified atom stereocenters. The fourth-order valence-electron chi connectivity index (χ4n) is 2.92. The Labute approximate surface area is 173 Å². The molecule has 0 saturated heterocycles. The third-order valence-electron chi connectivity index (χ3n) is 4.48. The Bertz CT molecular complexity index is 1110. The maximum Gasteiger partial charge on any atom is 0.312 e. The minimum atomic E-state index is -0.345. The van der Waals surface area contributed by atoms with Crippen molar-refractivity contribution in [1.82, 2.24) is 25.2 Å². The van der Waals surface area contributed by atoms with Crippen LogP contribution in [-0.4, -0.2) is 37.8 Å². The second-order valence-electron chi connectivity index (χ2n) is 6.71. The molecule has 0 N–H and O–H groups in total. The van der Waals surface area contributed by atoms with E-state index in [1.165, 1.54) is 4.80 Å². The summed E-state index contributed by atoms with van der Waals surface area (Å²) in [6, 6.07) is 19.2. The Balaban J connectivity index is 1.24. The van der Waals surface area contributed by atoms with Crippen LogP contribution in [0, 0.1) is 6.92 Å². The van der Waals surface area contributed by atoms with Crippen molar-refractivity contribution in [2.24, 2.45) is 0 Å². The lowest BCUT2D eigenvalue weighted by molar-refractivity contribution is -0.143. The van der Waals surface area contributed by atoms with E-state index < -0.39 is 0 Å². The number of aryl methyl sites for hydroxylation is 2. The molecule has 0 aliphatic carbocycles. The minimum Gasteiger partial charge on any atom is -0.465 e. The van der Waals surface area contributed by atoms with Crippen LogP contribution in [0.15, 0.2) is 65.1 Å². The highest BCUT2D eigenvalue weighted by Gasteiger charge is 2.15. The van der Waals surface area contributed by atoms with Gasteiger partial charge in [0, 0.05) is 17.5 Å². The first-order valence-corrected chi connectivity index (χ1v) is 9.69. The van der Waals surface area contributed by atoms with Gasteiger partial charge in [0.25, 0.3) is 0 Å². The molecule has 0 bridgehead atoms.